The lowest BCUT2D eigenvalue weighted by molar-refractivity contribution is 0.372. The Balaban J connectivity index is 1.93. The number of fused-ring (bicyclic) bond motifs is 3. The number of methoxy groups -OCH3 is 3. The van der Waals surface area contributed by atoms with Crippen LogP contribution < -0.4 is 14.2 Å². The van der Waals surface area contributed by atoms with Crippen molar-refractivity contribution in [3.05, 3.63) is 69.8 Å². The van der Waals surface area contributed by atoms with Crippen molar-refractivity contribution in [3.63, 3.8) is 0 Å². The molecule has 3 aromatic rings. The van der Waals surface area contributed by atoms with E-state index in [0.717, 1.165) is 0 Å². The summed E-state index contributed by atoms with van der Waals surface area (Å²) in [5.41, 5.74) is 3.09. The highest BCUT2D eigenvalue weighted by molar-refractivity contribution is 5.57. The molecule has 0 saturated heterocycles. The Morgan fingerprint density at radius 3 is 1.07 bits per heavy atom. The van der Waals surface area contributed by atoms with Gasteiger partial charge in [0.2, 0.25) is 0 Å². The molecule has 3 aromatic carbocycles. The minimum absolute atomic E-state index is 0.114. The summed E-state index contributed by atoms with van der Waals surface area (Å²) in [6.45, 7) is 0. The van der Waals surface area contributed by atoms with Crippen molar-refractivity contribution in [1.29, 1.82) is 0 Å². The predicted molar refractivity (Wildman–Crippen MR) is 112 cm³/mol. The van der Waals surface area contributed by atoms with Crippen molar-refractivity contribution in [1.82, 2.24) is 0 Å². The number of phenols is 3. The van der Waals surface area contributed by atoms with E-state index in [2.05, 4.69) is 0 Å². The third kappa shape index (κ3) is 3.45. The number of phenolic OH excluding ortho intramolecular Hbond substituents is 3. The summed E-state index contributed by atoms with van der Waals surface area (Å²) >= 11 is 0. The zero-order valence-corrected chi connectivity index (χ0v) is 15.7. The lowest BCUT2D eigenvalue weighted by atomic mass is 9.94. The zero-order valence-electron chi connectivity index (χ0n) is 24.7. The van der Waals surface area contributed by atoms with Crippen LogP contribution in [-0.4, -0.2) is 36.4 Å². The van der Waals surface area contributed by atoms with Crippen LogP contribution in [0.4, 0.5) is 0 Å². The van der Waals surface area contributed by atoms with E-state index in [4.69, 9.17) is 26.5 Å². The zero-order chi connectivity index (χ0) is 28.9. The molecule has 0 amide bonds. The van der Waals surface area contributed by atoms with Crippen molar-refractivity contribution < 1.29 is 41.9 Å². The molecule has 0 fully saturated rings. The Labute approximate surface area is 187 Å². The minimum atomic E-state index is -2.84. The molecule has 0 heterocycles. The molecule has 0 aromatic heterocycles. The summed E-state index contributed by atoms with van der Waals surface area (Å²) in [4.78, 5) is 0. The molecule has 0 aliphatic heterocycles. The predicted octanol–water partition coefficient (Wildman–Crippen LogP) is 3.92. The molecule has 0 atom stereocenters. The molecule has 156 valence electrons. The summed E-state index contributed by atoms with van der Waals surface area (Å²) in [6.07, 6.45) is 0.341. The standard InChI is InChI=1S/C24H24O6/c1-28-22-10-16-4-14-8-20(26)24(30-3)12-18(14)6-15-9-21(27)23(29-2)11-17(15)5-13(16)7-19(22)25/h7-12,25-27H,4-6H2,1-3H3/i1D3,2D3,3D3. The lowest BCUT2D eigenvalue weighted by Gasteiger charge is -2.15. The first-order chi connectivity index (χ1) is 17.9. The molecule has 30 heavy (non-hydrogen) atoms. The Hall–Kier alpha value is -3.54. The maximum Gasteiger partial charge on any atom is 0.160 e. The minimum Gasteiger partial charge on any atom is -0.504 e. The first kappa shape index (κ1) is 11.6. The number of benzene rings is 3. The fourth-order valence-electron chi connectivity index (χ4n) is 3.81. The van der Waals surface area contributed by atoms with Crippen molar-refractivity contribution >= 4 is 0 Å². The van der Waals surface area contributed by atoms with Gasteiger partial charge in [0.15, 0.2) is 34.5 Å². The van der Waals surface area contributed by atoms with Gasteiger partial charge in [0.25, 0.3) is 0 Å². The smallest absolute Gasteiger partial charge is 0.160 e. The van der Waals surface area contributed by atoms with Gasteiger partial charge in [-0.1, -0.05) is 0 Å². The van der Waals surface area contributed by atoms with Crippen LogP contribution in [0.1, 0.15) is 45.7 Å². The number of hydrogen-bond donors (Lipinski definition) is 3. The van der Waals surface area contributed by atoms with Crippen molar-refractivity contribution in [2.24, 2.45) is 0 Å². The largest absolute Gasteiger partial charge is 0.504 e. The van der Waals surface area contributed by atoms with Gasteiger partial charge in [0.05, 0.1) is 33.5 Å². The molecule has 4 rings (SSSR count). The lowest BCUT2D eigenvalue weighted by Crippen LogP contribution is -2.00. The van der Waals surface area contributed by atoms with Crippen molar-refractivity contribution in [2.75, 3.05) is 21.1 Å². The average Bonchev–Trinajstić information content (AvgIpc) is 2.79. The van der Waals surface area contributed by atoms with E-state index in [-0.39, 0.29) is 36.5 Å². The Kier molecular flexibility index (Phi) is 2.98. The summed E-state index contributed by atoms with van der Waals surface area (Å²) in [6, 6.07) is 8.05. The van der Waals surface area contributed by atoms with Crippen LogP contribution in [-0.2, 0) is 19.3 Å². The van der Waals surface area contributed by atoms with E-state index in [9.17, 15) is 15.3 Å². The molecule has 0 unspecified atom stereocenters. The van der Waals surface area contributed by atoms with Gasteiger partial charge in [0.1, 0.15) is 0 Å². The Morgan fingerprint density at radius 2 is 0.800 bits per heavy atom. The molecule has 3 N–H and O–H groups in total. The van der Waals surface area contributed by atoms with Gasteiger partial charge in [-0.15, -0.1) is 0 Å². The number of rotatable bonds is 3. The first-order valence-corrected chi connectivity index (χ1v) is 8.98. The highest BCUT2D eigenvalue weighted by Gasteiger charge is 2.21. The van der Waals surface area contributed by atoms with Crippen molar-refractivity contribution in [3.8, 4) is 34.5 Å². The fraction of sp³-hybridized carbons (Fsp3) is 0.250. The van der Waals surface area contributed by atoms with Crippen LogP contribution in [0.5, 0.6) is 34.5 Å². The van der Waals surface area contributed by atoms with Crippen LogP contribution >= 0.6 is 0 Å². The van der Waals surface area contributed by atoms with E-state index in [1.54, 1.807) is 0 Å². The maximum absolute atomic E-state index is 10.5. The molecule has 1 aliphatic carbocycles. The maximum atomic E-state index is 10.5. The number of ether oxygens (including phenoxy) is 3. The molecule has 0 saturated carbocycles. The van der Waals surface area contributed by atoms with Crippen LogP contribution in [0.3, 0.4) is 0 Å². The monoisotopic (exact) mass is 417 g/mol. The topological polar surface area (TPSA) is 88.4 Å². The van der Waals surface area contributed by atoms with Gasteiger partial charge in [-0.3, -0.25) is 0 Å². The SMILES string of the molecule is [2H]C([2H])([2H])Oc1cc2c(cc1O)Cc1cc(OC([2H])([2H])[2H])c(O)cc1Cc1cc(OC([2H])([2H])[2H])c(O)cc1C2. The second-order valence-electron chi connectivity index (χ2n) is 7.10. The second kappa shape index (κ2) is 7.71. The first-order valence-electron chi connectivity index (χ1n) is 13.5. The van der Waals surface area contributed by atoms with Gasteiger partial charge >= 0.3 is 0 Å². The fourth-order valence-corrected chi connectivity index (χ4v) is 3.81. The Morgan fingerprint density at radius 1 is 0.533 bits per heavy atom. The molecule has 0 spiro atoms. The third-order valence-corrected chi connectivity index (χ3v) is 5.32. The van der Waals surface area contributed by atoms with Gasteiger partial charge in [-0.05, 0) is 89.0 Å². The van der Waals surface area contributed by atoms with E-state index >= 15 is 0 Å². The number of aromatic hydroxyl groups is 3. The molecule has 1 aliphatic rings. The summed E-state index contributed by atoms with van der Waals surface area (Å²) < 4.78 is 81.4. The third-order valence-electron chi connectivity index (χ3n) is 5.32. The average molecular weight is 418 g/mol. The van der Waals surface area contributed by atoms with E-state index < -0.39 is 38.4 Å². The molecule has 6 nitrogen and oxygen atoms in total. The molecule has 0 radical (unpaired) electrons. The van der Waals surface area contributed by atoms with Crippen molar-refractivity contribution in [2.45, 2.75) is 19.3 Å². The molecule has 0 bridgehead atoms. The van der Waals surface area contributed by atoms with Crippen LogP contribution in [0.25, 0.3) is 0 Å². The highest BCUT2D eigenvalue weighted by Crippen LogP contribution is 2.39. The number of hydrogen-bond acceptors (Lipinski definition) is 6. The normalized spacial score (nSPS) is 18.2. The van der Waals surface area contributed by atoms with E-state index in [1.165, 1.54) is 36.4 Å². The van der Waals surface area contributed by atoms with Gasteiger partial charge < -0.3 is 29.5 Å². The highest BCUT2D eigenvalue weighted by atomic mass is 16.5. The summed E-state index contributed by atoms with van der Waals surface area (Å²) in [7, 11) is -8.52. The molecule has 6 heteroatoms. The van der Waals surface area contributed by atoms with Gasteiger partial charge in [-0.25, -0.2) is 0 Å². The van der Waals surface area contributed by atoms with Gasteiger partial charge in [0, 0.05) is 0 Å². The van der Waals surface area contributed by atoms with E-state index in [1.807, 2.05) is 0 Å². The summed E-state index contributed by atoms with van der Waals surface area (Å²) in [5.74, 6) is -2.19. The summed E-state index contributed by atoms with van der Waals surface area (Å²) in [5, 5.41) is 31.6. The Bertz CT molecular complexity index is 1240. The van der Waals surface area contributed by atoms with E-state index in [0.29, 0.717) is 33.4 Å². The second-order valence-corrected chi connectivity index (χ2v) is 7.10. The van der Waals surface area contributed by atoms with Crippen LogP contribution in [0.2, 0.25) is 0 Å². The molecular formula is C24H24O6. The van der Waals surface area contributed by atoms with Crippen LogP contribution in [0.15, 0.2) is 36.4 Å². The quantitative estimate of drug-likeness (QED) is 0.468. The van der Waals surface area contributed by atoms with Crippen LogP contribution in [0, 0.1) is 0 Å². The van der Waals surface area contributed by atoms with Gasteiger partial charge in [-0.2, -0.15) is 0 Å². The molecular weight excluding hydrogens is 384 g/mol.